The molecule has 1 aliphatic rings. The fourth-order valence-corrected chi connectivity index (χ4v) is 4.38. The normalized spacial score (nSPS) is 38.5. The number of sulfone groups is 1. The number of rotatable bonds is 1. The fourth-order valence-electron chi connectivity index (χ4n) is 2.14. The Morgan fingerprint density at radius 2 is 1.80 bits per heavy atom. The summed E-state index contributed by atoms with van der Waals surface area (Å²) in [6.45, 7) is 6.50. The third kappa shape index (κ3) is 1.88. The highest BCUT2D eigenvalue weighted by Crippen LogP contribution is 2.29. The molecular formula is C9H17NO4S. The Kier molecular flexibility index (Phi) is 2.86. The van der Waals surface area contributed by atoms with Gasteiger partial charge in [0.05, 0.1) is 5.25 Å². The van der Waals surface area contributed by atoms with Gasteiger partial charge in [-0.25, -0.2) is 8.42 Å². The number of hydrogen-bond donors (Lipinski definition) is 2. The van der Waals surface area contributed by atoms with E-state index in [9.17, 15) is 13.2 Å². The Labute approximate surface area is 89.8 Å². The summed E-state index contributed by atoms with van der Waals surface area (Å²) in [4.78, 5) is 11.0. The molecule has 3 unspecified atom stereocenters. The number of aliphatic carboxylic acids is 1. The van der Waals surface area contributed by atoms with Crippen LogP contribution in [0, 0.1) is 0 Å². The maximum atomic E-state index is 12.0. The molecule has 1 rings (SSSR count). The average molecular weight is 235 g/mol. The molecule has 2 N–H and O–H groups in total. The van der Waals surface area contributed by atoms with Gasteiger partial charge >= 0.3 is 5.97 Å². The molecule has 0 bridgehead atoms. The van der Waals surface area contributed by atoms with Gasteiger partial charge in [-0.3, -0.25) is 4.79 Å². The number of hydrogen-bond acceptors (Lipinski definition) is 4. The molecule has 3 atom stereocenters. The van der Waals surface area contributed by atoms with E-state index in [-0.39, 0.29) is 6.04 Å². The monoisotopic (exact) mass is 235 g/mol. The van der Waals surface area contributed by atoms with Crippen molar-refractivity contribution in [3.8, 4) is 0 Å². The number of nitrogens with one attached hydrogen (secondary N) is 1. The van der Waals surface area contributed by atoms with Crippen molar-refractivity contribution in [2.24, 2.45) is 0 Å². The molecule has 1 fully saturated rings. The number of carboxylic acid groups (broad SMARTS) is 1. The van der Waals surface area contributed by atoms with Gasteiger partial charge in [-0.15, -0.1) is 0 Å². The van der Waals surface area contributed by atoms with Crippen molar-refractivity contribution < 1.29 is 18.3 Å². The predicted molar refractivity (Wildman–Crippen MR) is 56.5 cm³/mol. The van der Waals surface area contributed by atoms with Gasteiger partial charge in [0, 0.05) is 11.6 Å². The first-order valence-corrected chi connectivity index (χ1v) is 6.45. The zero-order valence-electron chi connectivity index (χ0n) is 9.31. The van der Waals surface area contributed by atoms with E-state index in [0.717, 1.165) is 0 Å². The van der Waals surface area contributed by atoms with E-state index in [4.69, 9.17) is 5.11 Å². The van der Waals surface area contributed by atoms with Crippen LogP contribution in [0.25, 0.3) is 0 Å². The molecule has 88 valence electrons. The van der Waals surface area contributed by atoms with E-state index in [2.05, 4.69) is 5.32 Å². The van der Waals surface area contributed by atoms with Crippen LogP contribution in [0.5, 0.6) is 0 Å². The van der Waals surface area contributed by atoms with E-state index in [1.807, 2.05) is 0 Å². The molecule has 1 heterocycles. The van der Waals surface area contributed by atoms with Crippen LogP contribution in [-0.2, 0) is 14.6 Å². The third-order valence-electron chi connectivity index (χ3n) is 3.03. The minimum absolute atomic E-state index is 0.236. The molecule has 1 saturated heterocycles. The van der Waals surface area contributed by atoms with Crippen molar-refractivity contribution in [1.29, 1.82) is 0 Å². The summed E-state index contributed by atoms with van der Waals surface area (Å²) < 4.78 is 23.9. The third-order valence-corrected chi connectivity index (χ3v) is 5.92. The Bertz CT molecular complexity index is 374. The lowest BCUT2D eigenvalue weighted by Gasteiger charge is -2.43. The van der Waals surface area contributed by atoms with Gasteiger partial charge in [0.15, 0.2) is 15.1 Å². The van der Waals surface area contributed by atoms with E-state index in [1.165, 1.54) is 6.92 Å². The summed E-state index contributed by atoms with van der Waals surface area (Å²) in [6.07, 6.45) is 0. The van der Waals surface area contributed by atoms with Crippen LogP contribution in [0.3, 0.4) is 0 Å². The fraction of sp³-hybridized carbons (Fsp3) is 0.889. The summed E-state index contributed by atoms with van der Waals surface area (Å²) in [5, 5.41) is 9.97. The van der Waals surface area contributed by atoms with Gasteiger partial charge in [0.25, 0.3) is 0 Å². The number of carboxylic acids is 1. The first kappa shape index (κ1) is 12.4. The van der Waals surface area contributed by atoms with Crippen molar-refractivity contribution in [2.45, 2.75) is 49.8 Å². The van der Waals surface area contributed by atoms with Gasteiger partial charge in [0.2, 0.25) is 0 Å². The smallest absolute Gasteiger partial charge is 0.323 e. The van der Waals surface area contributed by atoms with E-state index < -0.39 is 31.8 Å². The molecule has 5 nitrogen and oxygen atoms in total. The predicted octanol–water partition coefficient (Wildman–Crippen LogP) is 0.0132. The van der Waals surface area contributed by atoms with E-state index >= 15 is 0 Å². The standard InChI is InChI=1S/C9H17NO4S/c1-5-6(2)15(13,14)7(8(11)12)9(3,4)10-5/h5-7,10H,1-4H3,(H,11,12). The highest BCUT2D eigenvalue weighted by molar-refractivity contribution is 7.93. The molecule has 0 aromatic rings. The molecule has 0 saturated carbocycles. The molecular weight excluding hydrogens is 218 g/mol. The van der Waals surface area contributed by atoms with Gasteiger partial charge in [-0.1, -0.05) is 0 Å². The summed E-state index contributed by atoms with van der Waals surface area (Å²) in [6, 6.07) is -0.236. The Morgan fingerprint density at radius 1 is 1.33 bits per heavy atom. The van der Waals surface area contributed by atoms with E-state index in [1.54, 1.807) is 20.8 Å². The van der Waals surface area contributed by atoms with Crippen LogP contribution in [0.4, 0.5) is 0 Å². The quantitative estimate of drug-likeness (QED) is 0.669. The second kappa shape index (κ2) is 3.45. The van der Waals surface area contributed by atoms with E-state index in [0.29, 0.717) is 0 Å². The minimum Gasteiger partial charge on any atom is -0.480 e. The van der Waals surface area contributed by atoms with Crippen LogP contribution in [-0.4, -0.2) is 41.6 Å². The highest BCUT2D eigenvalue weighted by atomic mass is 32.2. The lowest BCUT2D eigenvalue weighted by molar-refractivity contribution is -0.138. The molecule has 15 heavy (non-hydrogen) atoms. The van der Waals surface area contributed by atoms with Crippen LogP contribution in [0.1, 0.15) is 27.7 Å². The van der Waals surface area contributed by atoms with Crippen molar-refractivity contribution in [1.82, 2.24) is 5.32 Å². The highest BCUT2D eigenvalue weighted by Gasteiger charge is 2.53. The molecule has 0 amide bonds. The minimum atomic E-state index is -3.62. The Morgan fingerprint density at radius 3 is 2.20 bits per heavy atom. The molecule has 0 spiro atoms. The molecule has 0 aromatic heterocycles. The largest absolute Gasteiger partial charge is 0.480 e. The summed E-state index contributed by atoms with van der Waals surface area (Å²) in [5.41, 5.74) is -0.934. The van der Waals surface area contributed by atoms with Crippen LogP contribution in [0.2, 0.25) is 0 Å². The SMILES string of the molecule is CC1NC(C)(C)C(C(=O)O)S(=O)(=O)C1C. The molecule has 0 aromatic carbocycles. The lowest BCUT2D eigenvalue weighted by atomic mass is 9.97. The van der Waals surface area contributed by atoms with Gasteiger partial charge in [-0.05, 0) is 27.7 Å². The van der Waals surface area contributed by atoms with Crippen molar-refractivity contribution in [3.05, 3.63) is 0 Å². The van der Waals surface area contributed by atoms with Crippen LogP contribution >= 0.6 is 0 Å². The van der Waals surface area contributed by atoms with Crippen LogP contribution < -0.4 is 5.32 Å². The molecule has 6 heteroatoms. The summed E-state index contributed by atoms with van der Waals surface area (Å²) in [7, 11) is -3.62. The van der Waals surface area contributed by atoms with Gasteiger partial charge in [-0.2, -0.15) is 0 Å². The Balaban J connectivity index is 3.28. The first-order valence-electron chi connectivity index (χ1n) is 4.84. The maximum absolute atomic E-state index is 12.0. The maximum Gasteiger partial charge on any atom is 0.323 e. The first-order chi connectivity index (χ1) is 6.60. The zero-order chi connectivity index (χ0) is 12.0. The average Bonchev–Trinajstić information content (AvgIpc) is 1.97. The van der Waals surface area contributed by atoms with Crippen molar-refractivity contribution in [3.63, 3.8) is 0 Å². The second-order valence-electron chi connectivity index (χ2n) is 4.67. The van der Waals surface area contributed by atoms with Crippen LogP contribution in [0.15, 0.2) is 0 Å². The number of carbonyl (C=O) groups is 1. The molecule has 1 aliphatic heterocycles. The molecule has 0 radical (unpaired) electrons. The van der Waals surface area contributed by atoms with Gasteiger partial charge in [0.1, 0.15) is 0 Å². The molecule has 0 aliphatic carbocycles. The summed E-state index contributed by atoms with van der Waals surface area (Å²) in [5.74, 6) is -1.29. The lowest BCUT2D eigenvalue weighted by Crippen LogP contribution is -2.68. The summed E-state index contributed by atoms with van der Waals surface area (Å²) >= 11 is 0. The van der Waals surface area contributed by atoms with Crippen molar-refractivity contribution >= 4 is 15.8 Å². The van der Waals surface area contributed by atoms with Gasteiger partial charge < -0.3 is 10.4 Å². The van der Waals surface area contributed by atoms with Crippen molar-refractivity contribution in [2.75, 3.05) is 0 Å². The zero-order valence-corrected chi connectivity index (χ0v) is 10.1. The Hall–Kier alpha value is -0.620. The second-order valence-corrected chi connectivity index (χ2v) is 7.06. The topological polar surface area (TPSA) is 83.5 Å².